The number of morpholine rings is 1. The Morgan fingerprint density at radius 2 is 1.96 bits per heavy atom. The van der Waals surface area contributed by atoms with Crippen LogP contribution in [0.3, 0.4) is 0 Å². The van der Waals surface area contributed by atoms with E-state index in [0.717, 1.165) is 38.6 Å². The summed E-state index contributed by atoms with van der Waals surface area (Å²) >= 11 is 0. The van der Waals surface area contributed by atoms with Crippen LogP contribution in [0.5, 0.6) is 11.5 Å². The number of rotatable bonds is 8. The van der Waals surface area contributed by atoms with E-state index < -0.39 is 0 Å². The van der Waals surface area contributed by atoms with Crippen molar-refractivity contribution in [3.63, 3.8) is 0 Å². The number of aromatic nitrogens is 1. The topological polar surface area (TPSA) is 86.1 Å². The number of methoxy groups -OCH3 is 1. The average molecular weight is 361 g/mol. The van der Waals surface area contributed by atoms with Crippen molar-refractivity contribution in [2.24, 2.45) is 0 Å². The van der Waals surface area contributed by atoms with Crippen molar-refractivity contribution in [2.75, 3.05) is 46.5 Å². The van der Waals surface area contributed by atoms with Gasteiger partial charge in [-0.05, 0) is 24.3 Å². The van der Waals surface area contributed by atoms with Crippen LogP contribution >= 0.6 is 0 Å². The first-order valence-electron chi connectivity index (χ1n) is 8.54. The predicted octanol–water partition coefficient (Wildman–Crippen LogP) is 1.32. The van der Waals surface area contributed by atoms with Gasteiger partial charge in [0.05, 0.1) is 20.3 Å². The van der Waals surface area contributed by atoms with Crippen LogP contribution in [0, 0.1) is 0 Å². The molecule has 0 unspecified atom stereocenters. The van der Waals surface area contributed by atoms with Gasteiger partial charge in [-0.3, -0.25) is 9.69 Å². The predicted molar refractivity (Wildman–Crippen MR) is 93.4 cm³/mol. The van der Waals surface area contributed by atoms with E-state index in [4.69, 9.17) is 18.6 Å². The summed E-state index contributed by atoms with van der Waals surface area (Å²) in [4.78, 5) is 18.5. The van der Waals surface area contributed by atoms with Crippen molar-refractivity contribution in [1.82, 2.24) is 15.2 Å². The Morgan fingerprint density at radius 1 is 1.23 bits per heavy atom. The minimum atomic E-state index is -0.252. The van der Waals surface area contributed by atoms with E-state index in [0.29, 0.717) is 18.2 Å². The number of hydrogen-bond acceptors (Lipinski definition) is 7. The number of amides is 1. The van der Waals surface area contributed by atoms with Gasteiger partial charge in [-0.15, -0.1) is 0 Å². The molecule has 1 aliphatic heterocycles. The number of nitrogens with one attached hydrogen (secondary N) is 1. The Kier molecular flexibility index (Phi) is 6.45. The molecular weight excluding hydrogens is 338 g/mol. The molecule has 8 heteroatoms. The summed E-state index contributed by atoms with van der Waals surface area (Å²) in [6, 6.07) is 7.19. The maximum absolute atomic E-state index is 12.1. The van der Waals surface area contributed by atoms with Gasteiger partial charge in [0.15, 0.2) is 12.3 Å². The molecule has 0 atom stereocenters. The van der Waals surface area contributed by atoms with Gasteiger partial charge >= 0.3 is 0 Å². The molecule has 1 aromatic heterocycles. The second kappa shape index (κ2) is 9.21. The molecule has 1 saturated heterocycles. The quantitative estimate of drug-likeness (QED) is 0.759. The van der Waals surface area contributed by atoms with Crippen molar-refractivity contribution in [1.29, 1.82) is 0 Å². The molecule has 2 heterocycles. The highest BCUT2D eigenvalue weighted by atomic mass is 16.5. The summed E-state index contributed by atoms with van der Waals surface area (Å²) < 4.78 is 21.3. The lowest BCUT2D eigenvalue weighted by atomic mass is 10.3. The van der Waals surface area contributed by atoms with Crippen LogP contribution < -0.4 is 14.8 Å². The molecule has 1 N–H and O–H groups in total. The fourth-order valence-corrected chi connectivity index (χ4v) is 2.54. The molecule has 140 valence electrons. The molecule has 1 fully saturated rings. The third-order valence-corrected chi connectivity index (χ3v) is 4.02. The highest BCUT2D eigenvalue weighted by molar-refractivity contribution is 5.91. The summed E-state index contributed by atoms with van der Waals surface area (Å²) in [5.41, 5.74) is 0.250. The molecule has 3 rings (SSSR count). The summed E-state index contributed by atoms with van der Waals surface area (Å²) in [6.45, 7) is 4.78. The second-order valence-electron chi connectivity index (χ2n) is 5.80. The molecular formula is C18H23N3O5. The standard InChI is InChI=1S/C18H23N3O5/c1-23-14-2-4-15(5-3-14)25-13-17-20-16(12-26-17)18(22)19-6-7-21-8-10-24-11-9-21/h2-5,12H,6-11,13H2,1H3,(H,19,22). The lowest BCUT2D eigenvalue weighted by molar-refractivity contribution is 0.0383. The number of nitrogens with zero attached hydrogens (tertiary/aromatic N) is 2. The molecule has 0 radical (unpaired) electrons. The number of oxazole rings is 1. The Balaban J connectivity index is 1.41. The summed E-state index contributed by atoms with van der Waals surface area (Å²) in [5, 5.41) is 2.85. The van der Waals surface area contributed by atoms with Gasteiger partial charge in [0.2, 0.25) is 5.89 Å². The van der Waals surface area contributed by atoms with Crippen molar-refractivity contribution in [3.05, 3.63) is 42.1 Å². The maximum atomic E-state index is 12.1. The zero-order valence-electron chi connectivity index (χ0n) is 14.8. The van der Waals surface area contributed by atoms with Crippen LogP contribution in [-0.2, 0) is 11.3 Å². The van der Waals surface area contributed by atoms with E-state index >= 15 is 0 Å². The van der Waals surface area contributed by atoms with Gasteiger partial charge in [-0.1, -0.05) is 0 Å². The smallest absolute Gasteiger partial charge is 0.273 e. The van der Waals surface area contributed by atoms with Crippen LogP contribution in [0.25, 0.3) is 0 Å². The van der Waals surface area contributed by atoms with Gasteiger partial charge in [0.25, 0.3) is 5.91 Å². The van der Waals surface area contributed by atoms with Crippen molar-refractivity contribution in [3.8, 4) is 11.5 Å². The Labute approximate surface area is 152 Å². The first kappa shape index (κ1) is 18.2. The number of hydrogen-bond donors (Lipinski definition) is 1. The Bertz CT molecular complexity index is 695. The number of carbonyl (C=O) groups is 1. The first-order valence-corrected chi connectivity index (χ1v) is 8.54. The molecule has 1 aromatic carbocycles. The van der Waals surface area contributed by atoms with E-state index in [9.17, 15) is 4.79 Å². The fourth-order valence-electron chi connectivity index (χ4n) is 2.54. The SMILES string of the molecule is COc1ccc(OCc2nc(C(=O)NCCN3CCOCC3)co2)cc1. The van der Waals surface area contributed by atoms with E-state index in [1.165, 1.54) is 6.26 Å². The van der Waals surface area contributed by atoms with E-state index in [1.54, 1.807) is 31.4 Å². The molecule has 0 aliphatic carbocycles. The lowest BCUT2D eigenvalue weighted by Gasteiger charge is -2.26. The minimum absolute atomic E-state index is 0.146. The van der Waals surface area contributed by atoms with Gasteiger partial charge in [0, 0.05) is 26.2 Å². The molecule has 1 aliphatic rings. The average Bonchev–Trinajstić information content (AvgIpc) is 3.17. The zero-order valence-corrected chi connectivity index (χ0v) is 14.8. The molecule has 0 bridgehead atoms. The summed E-state index contributed by atoms with van der Waals surface area (Å²) in [7, 11) is 1.61. The van der Waals surface area contributed by atoms with E-state index in [1.807, 2.05) is 0 Å². The fraction of sp³-hybridized carbons (Fsp3) is 0.444. The molecule has 0 spiro atoms. The van der Waals surface area contributed by atoms with Crippen LogP contribution in [-0.4, -0.2) is 62.3 Å². The number of benzene rings is 1. The van der Waals surface area contributed by atoms with Crippen LogP contribution in [0.1, 0.15) is 16.4 Å². The van der Waals surface area contributed by atoms with Crippen molar-refractivity contribution >= 4 is 5.91 Å². The van der Waals surface area contributed by atoms with Crippen LogP contribution in [0.2, 0.25) is 0 Å². The zero-order chi connectivity index (χ0) is 18.2. The van der Waals surface area contributed by atoms with Gasteiger partial charge in [0.1, 0.15) is 17.8 Å². The Morgan fingerprint density at radius 3 is 2.69 bits per heavy atom. The van der Waals surface area contributed by atoms with Gasteiger partial charge in [-0.25, -0.2) is 4.98 Å². The molecule has 1 amide bonds. The molecule has 0 saturated carbocycles. The van der Waals surface area contributed by atoms with Crippen LogP contribution in [0.15, 0.2) is 34.9 Å². The maximum Gasteiger partial charge on any atom is 0.273 e. The first-order chi connectivity index (χ1) is 12.7. The Hall–Kier alpha value is -2.58. The highest BCUT2D eigenvalue weighted by Gasteiger charge is 2.14. The minimum Gasteiger partial charge on any atom is -0.497 e. The van der Waals surface area contributed by atoms with Gasteiger partial charge < -0.3 is 23.9 Å². The van der Waals surface area contributed by atoms with Crippen LogP contribution in [0.4, 0.5) is 0 Å². The summed E-state index contributed by atoms with van der Waals surface area (Å²) in [6.07, 6.45) is 1.34. The summed E-state index contributed by atoms with van der Waals surface area (Å²) in [5.74, 6) is 1.52. The molecule has 8 nitrogen and oxygen atoms in total. The second-order valence-corrected chi connectivity index (χ2v) is 5.80. The number of ether oxygens (including phenoxy) is 3. The lowest BCUT2D eigenvalue weighted by Crippen LogP contribution is -2.41. The van der Waals surface area contributed by atoms with E-state index in [2.05, 4.69) is 15.2 Å². The van der Waals surface area contributed by atoms with Crippen molar-refractivity contribution in [2.45, 2.75) is 6.61 Å². The monoisotopic (exact) mass is 361 g/mol. The normalized spacial score (nSPS) is 14.8. The third kappa shape index (κ3) is 5.21. The molecule has 26 heavy (non-hydrogen) atoms. The molecule has 2 aromatic rings. The largest absolute Gasteiger partial charge is 0.497 e. The van der Waals surface area contributed by atoms with E-state index in [-0.39, 0.29) is 18.2 Å². The van der Waals surface area contributed by atoms with Crippen molar-refractivity contribution < 1.29 is 23.4 Å². The third-order valence-electron chi connectivity index (χ3n) is 4.02. The highest BCUT2D eigenvalue weighted by Crippen LogP contribution is 2.18. The number of carbonyl (C=O) groups excluding carboxylic acids is 1. The van der Waals surface area contributed by atoms with Gasteiger partial charge in [-0.2, -0.15) is 0 Å².